The van der Waals surface area contributed by atoms with Crippen LogP contribution in [0.5, 0.6) is 5.75 Å². The Labute approximate surface area is 341 Å². The molecule has 0 saturated heterocycles. The van der Waals surface area contributed by atoms with E-state index in [0.717, 1.165) is 0 Å². The number of nitrogens with one attached hydrogen (secondary N) is 7. The lowest BCUT2D eigenvalue weighted by atomic mass is 9.98. The second-order valence-corrected chi connectivity index (χ2v) is 15.2. The number of nitrogens with two attached hydrogens (primary N) is 1. The first-order valence-electron chi connectivity index (χ1n) is 18.9. The van der Waals surface area contributed by atoms with Crippen molar-refractivity contribution >= 4 is 59.2 Å². The summed E-state index contributed by atoms with van der Waals surface area (Å²) >= 11 is 0. The van der Waals surface area contributed by atoms with Crippen LogP contribution in [0.1, 0.15) is 80.2 Å². The Morgan fingerprint density at radius 2 is 1.00 bits per heavy atom. The van der Waals surface area contributed by atoms with Gasteiger partial charge in [-0.05, 0) is 48.8 Å². The second-order valence-electron chi connectivity index (χ2n) is 15.2. The van der Waals surface area contributed by atoms with Crippen molar-refractivity contribution in [1.29, 1.82) is 0 Å². The number of aromatic hydroxyl groups is 1. The molecule has 328 valence electrons. The Hall–Kier alpha value is -6.28. The summed E-state index contributed by atoms with van der Waals surface area (Å²) in [6, 6.07) is -4.08. The molecule has 0 aromatic heterocycles. The quantitative estimate of drug-likeness (QED) is 0.0546. The fraction of sp³-hybridized carbons (Fsp3) is 0.579. The van der Waals surface area contributed by atoms with Crippen LogP contribution in [0.4, 0.5) is 0 Å². The van der Waals surface area contributed by atoms with Crippen LogP contribution in [0.25, 0.3) is 0 Å². The molecule has 1 aromatic carbocycles. The zero-order valence-corrected chi connectivity index (χ0v) is 34.4. The van der Waals surface area contributed by atoms with Crippen LogP contribution >= 0.6 is 0 Å². The van der Waals surface area contributed by atoms with Gasteiger partial charge in [0.2, 0.25) is 47.3 Å². The minimum absolute atomic E-state index is 0.00105. The van der Waals surface area contributed by atoms with E-state index in [-0.39, 0.29) is 24.5 Å². The first-order chi connectivity index (χ1) is 27.3. The highest BCUT2D eigenvalue weighted by Gasteiger charge is 2.36. The highest BCUT2D eigenvalue weighted by molar-refractivity contribution is 5.99. The molecule has 0 aliphatic heterocycles. The van der Waals surface area contributed by atoms with Crippen molar-refractivity contribution in [1.82, 2.24) is 37.2 Å². The minimum Gasteiger partial charge on any atom is -0.508 e. The molecule has 1 rings (SSSR count). The number of primary amides is 1. The number of carboxylic acid groups (broad SMARTS) is 2. The molecule has 59 heavy (non-hydrogen) atoms. The number of carboxylic acids is 2. The average molecular weight is 835 g/mol. The molecule has 0 unspecified atom stereocenters. The molecule has 8 amide bonds. The van der Waals surface area contributed by atoms with Gasteiger partial charge < -0.3 is 58.3 Å². The van der Waals surface area contributed by atoms with Gasteiger partial charge in [-0.1, -0.05) is 53.7 Å². The highest BCUT2D eigenvalue weighted by atomic mass is 16.4. The molecular weight excluding hydrogens is 776 g/mol. The lowest BCUT2D eigenvalue weighted by Gasteiger charge is -2.29. The summed E-state index contributed by atoms with van der Waals surface area (Å²) < 4.78 is 0. The van der Waals surface area contributed by atoms with Gasteiger partial charge in [0.05, 0.1) is 12.8 Å². The van der Waals surface area contributed by atoms with Gasteiger partial charge in [0.1, 0.15) is 48.0 Å². The highest BCUT2D eigenvalue weighted by Crippen LogP contribution is 2.13. The van der Waals surface area contributed by atoms with Crippen molar-refractivity contribution in [2.45, 2.75) is 123 Å². The predicted molar refractivity (Wildman–Crippen MR) is 210 cm³/mol. The Bertz CT molecular complexity index is 1700. The van der Waals surface area contributed by atoms with E-state index < -0.39 is 126 Å². The van der Waals surface area contributed by atoms with Crippen LogP contribution in [-0.4, -0.2) is 117 Å². The number of phenolic OH excluding ortho intramolecular Hbond substituents is 1. The first-order valence-corrected chi connectivity index (χ1v) is 18.9. The van der Waals surface area contributed by atoms with Crippen LogP contribution in [0.2, 0.25) is 0 Å². The Morgan fingerprint density at radius 3 is 1.44 bits per heavy atom. The molecule has 0 heterocycles. The van der Waals surface area contributed by atoms with Gasteiger partial charge >= 0.3 is 11.9 Å². The summed E-state index contributed by atoms with van der Waals surface area (Å²) in [5, 5.41) is 45.2. The van der Waals surface area contributed by atoms with Crippen LogP contribution in [0.15, 0.2) is 24.3 Å². The summed E-state index contributed by atoms with van der Waals surface area (Å²) in [5.74, 6) is -11.7. The maximum Gasteiger partial charge on any atom is 0.326 e. The minimum atomic E-state index is -1.83. The lowest BCUT2D eigenvalue weighted by Crippen LogP contribution is -2.61. The molecule has 0 aliphatic rings. The molecule has 21 nitrogen and oxygen atoms in total. The Morgan fingerprint density at radius 1 is 0.559 bits per heavy atom. The predicted octanol–water partition coefficient (Wildman–Crippen LogP) is -1.84. The van der Waals surface area contributed by atoms with E-state index in [1.807, 2.05) is 0 Å². The van der Waals surface area contributed by atoms with Crippen molar-refractivity contribution < 1.29 is 63.3 Å². The van der Waals surface area contributed by atoms with Crippen molar-refractivity contribution in [3.8, 4) is 5.75 Å². The molecule has 0 radical (unpaired) electrons. The topological polar surface area (TPSA) is 342 Å². The summed E-state index contributed by atoms with van der Waals surface area (Å²) in [6.07, 6.45) is -1.80. The number of hydrogen-bond acceptors (Lipinski definition) is 11. The molecule has 0 aliphatic carbocycles. The van der Waals surface area contributed by atoms with E-state index in [9.17, 15) is 63.3 Å². The van der Waals surface area contributed by atoms with Crippen molar-refractivity contribution in [2.24, 2.45) is 23.5 Å². The van der Waals surface area contributed by atoms with Crippen LogP contribution in [0.3, 0.4) is 0 Å². The van der Waals surface area contributed by atoms with Gasteiger partial charge in [0, 0.05) is 13.3 Å². The zero-order chi connectivity index (χ0) is 45.3. The van der Waals surface area contributed by atoms with Crippen molar-refractivity contribution in [2.75, 3.05) is 0 Å². The third kappa shape index (κ3) is 18.2. The second kappa shape index (κ2) is 23.8. The largest absolute Gasteiger partial charge is 0.508 e. The van der Waals surface area contributed by atoms with E-state index in [1.54, 1.807) is 53.7 Å². The van der Waals surface area contributed by atoms with Gasteiger partial charge in [-0.15, -0.1) is 0 Å². The summed E-state index contributed by atoms with van der Waals surface area (Å²) in [4.78, 5) is 127. The number of hydrogen-bond donors (Lipinski definition) is 11. The van der Waals surface area contributed by atoms with Gasteiger partial charge in [0.15, 0.2) is 0 Å². The summed E-state index contributed by atoms with van der Waals surface area (Å²) in [5.41, 5.74) is 5.92. The van der Waals surface area contributed by atoms with E-state index in [2.05, 4.69) is 37.2 Å². The molecule has 7 atom stereocenters. The van der Waals surface area contributed by atoms with Crippen LogP contribution < -0.4 is 43.0 Å². The molecular formula is C38H58N8O13. The standard InChI is InChI=1S/C38H58N8O13/c1-17(2)13-27(38(58)59)44-35(55)26(16-29(50)51)42-34(54)25(15-28(39)49)43-36(56)30(18(3)4)46-37(57)31(19(5)6)45-32(52)20(7)40-33(53)24(41-21(8)47)14-22-9-11-23(48)12-10-22/h9-12,17-20,24-27,30-31,48H,13-16H2,1-8H3,(H2,39,49)(H,40,53)(H,41,47)(H,42,54)(H,43,56)(H,44,55)(H,45,52)(H,46,57)(H,50,51)(H,58,59)/t20-,24-,25-,26-,27-,30-,31-/m0/s1. The number of amides is 8. The molecule has 1 aromatic rings. The third-order valence-electron chi connectivity index (χ3n) is 8.69. The molecule has 12 N–H and O–H groups in total. The number of aliphatic carboxylic acids is 2. The third-order valence-corrected chi connectivity index (χ3v) is 8.69. The van der Waals surface area contributed by atoms with Crippen molar-refractivity contribution in [3.63, 3.8) is 0 Å². The number of benzene rings is 1. The zero-order valence-electron chi connectivity index (χ0n) is 34.4. The number of carbonyl (C=O) groups is 10. The van der Waals surface area contributed by atoms with Crippen molar-refractivity contribution in [3.05, 3.63) is 29.8 Å². The Kier molecular flexibility index (Phi) is 20.5. The Balaban J connectivity index is 3.17. The average Bonchev–Trinajstić information content (AvgIpc) is 3.10. The van der Waals surface area contributed by atoms with E-state index >= 15 is 0 Å². The monoisotopic (exact) mass is 834 g/mol. The fourth-order valence-corrected chi connectivity index (χ4v) is 5.59. The summed E-state index contributed by atoms with van der Waals surface area (Å²) in [7, 11) is 0. The maximum atomic E-state index is 13.6. The van der Waals surface area contributed by atoms with Gasteiger partial charge in [-0.25, -0.2) is 4.79 Å². The van der Waals surface area contributed by atoms with Gasteiger partial charge in [-0.3, -0.25) is 43.2 Å². The molecule has 0 spiro atoms. The lowest BCUT2D eigenvalue weighted by molar-refractivity contribution is -0.144. The first kappa shape index (κ1) is 50.7. The SMILES string of the molecule is CC(=O)N[C@@H](Cc1ccc(O)cc1)C(=O)N[C@@H](C)C(=O)N[C@H](C(=O)N[C@H](C(=O)N[C@@H](CC(N)=O)C(=O)N[C@@H](CC(=O)O)C(=O)N[C@@H](CC(C)C)C(=O)O)C(C)C)C(C)C. The van der Waals surface area contributed by atoms with Gasteiger partial charge in [-0.2, -0.15) is 0 Å². The number of phenols is 1. The van der Waals surface area contributed by atoms with Gasteiger partial charge in [0.25, 0.3) is 0 Å². The normalized spacial score (nSPS) is 14.6. The number of rotatable bonds is 24. The molecule has 0 bridgehead atoms. The van der Waals surface area contributed by atoms with Crippen LogP contribution in [-0.2, 0) is 54.4 Å². The smallest absolute Gasteiger partial charge is 0.326 e. The van der Waals surface area contributed by atoms with E-state index in [4.69, 9.17) is 5.73 Å². The summed E-state index contributed by atoms with van der Waals surface area (Å²) in [6.45, 7) is 12.2. The molecule has 0 fully saturated rings. The molecule has 0 saturated carbocycles. The molecule has 21 heteroatoms. The fourth-order valence-electron chi connectivity index (χ4n) is 5.59. The van der Waals surface area contributed by atoms with E-state index in [0.29, 0.717) is 5.56 Å². The van der Waals surface area contributed by atoms with Crippen LogP contribution in [0, 0.1) is 17.8 Å². The maximum absolute atomic E-state index is 13.6. The number of carbonyl (C=O) groups excluding carboxylic acids is 8. The van der Waals surface area contributed by atoms with E-state index in [1.165, 1.54) is 26.0 Å².